The number of likely N-dealkylation sites (tertiary alicyclic amines) is 1. The second kappa shape index (κ2) is 5.29. The molecule has 17 heavy (non-hydrogen) atoms. The lowest BCUT2D eigenvalue weighted by Gasteiger charge is -2.34. The van der Waals surface area contributed by atoms with Crippen LogP contribution in [-0.4, -0.2) is 59.1 Å². The number of halogens is 1. The van der Waals surface area contributed by atoms with Crippen LogP contribution in [0, 0.1) is 0 Å². The largest absolute Gasteiger partial charge is 0.336 e. The van der Waals surface area contributed by atoms with Crippen molar-refractivity contribution in [1.82, 2.24) is 20.0 Å². The van der Waals surface area contributed by atoms with Gasteiger partial charge in [0.15, 0.2) is 0 Å². The Hall–Kier alpha value is -0.720. The molecule has 7 heteroatoms. The molecule has 2 heterocycles. The van der Waals surface area contributed by atoms with Crippen LogP contribution >= 0.6 is 22.9 Å². The Morgan fingerprint density at radius 2 is 2.06 bits per heavy atom. The summed E-state index contributed by atoms with van der Waals surface area (Å²) >= 11 is 6.81. The second-order valence-corrected chi connectivity index (χ2v) is 5.91. The molecule has 0 atom stereocenters. The number of hydrogen-bond acceptors (Lipinski definition) is 5. The molecule has 1 amide bonds. The Labute approximate surface area is 109 Å². The first kappa shape index (κ1) is 12.7. The van der Waals surface area contributed by atoms with E-state index in [1.54, 1.807) is 0 Å². The van der Waals surface area contributed by atoms with E-state index < -0.39 is 0 Å². The average molecular weight is 275 g/mol. The highest BCUT2D eigenvalue weighted by Crippen LogP contribution is 2.20. The zero-order valence-corrected chi connectivity index (χ0v) is 11.5. The van der Waals surface area contributed by atoms with Gasteiger partial charge in [0.25, 0.3) is 5.91 Å². The van der Waals surface area contributed by atoms with Crippen LogP contribution in [0.2, 0.25) is 4.47 Å². The molecule has 0 radical (unpaired) electrons. The van der Waals surface area contributed by atoms with Crippen molar-refractivity contribution in [3.63, 3.8) is 0 Å². The highest BCUT2D eigenvalue weighted by Gasteiger charge is 2.26. The second-order valence-electron chi connectivity index (χ2n) is 4.35. The minimum absolute atomic E-state index is 0.0494. The molecule has 0 spiro atoms. The van der Waals surface area contributed by atoms with Crippen LogP contribution in [0.25, 0.3) is 0 Å². The normalized spacial score (nSPS) is 17.8. The lowest BCUT2D eigenvalue weighted by molar-refractivity contribution is 0.0662. The Kier molecular flexibility index (Phi) is 3.96. The minimum atomic E-state index is -0.0494. The summed E-state index contributed by atoms with van der Waals surface area (Å²) in [7, 11) is 4.15. The first-order valence-electron chi connectivity index (χ1n) is 5.52. The van der Waals surface area contributed by atoms with E-state index in [1.807, 2.05) is 4.90 Å². The third-order valence-corrected chi connectivity index (χ3v) is 4.07. The molecule has 0 unspecified atom stereocenters. The van der Waals surface area contributed by atoms with Crippen molar-refractivity contribution in [3.8, 4) is 0 Å². The summed E-state index contributed by atoms with van der Waals surface area (Å²) < 4.78 is 0.316. The Bertz CT molecular complexity index is 401. The lowest BCUT2D eigenvalue weighted by Crippen LogP contribution is -2.44. The SMILES string of the molecule is CN(C)C1CCN(C(=O)c2nnc(Cl)s2)CC1. The Morgan fingerprint density at radius 3 is 2.53 bits per heavy atom. The molecular formula is C10H15ClN4OS. The molecule has 1 aliphatic heterocycles. The Morgan fingerprint density at radius 1 is 1.41 bits per heavy atom. The Balaban J connectivity index is 1.95. The summed E-state index contributed by atoms with van der Waals surface area (Å²) in [5.74, 6) is -0.0494. The maximum atomic E-state index is 12.1. The molecule has 0 bridgehead atoms. The van der Waals surface area contributed by atoms with Crippen molar-refractivity contribution in [2.24, 2.45) is 0 Å². The van der Waals surface area contributed by atoms with Crippen LogP contribution in [-0.2, 0) is 0 Å². The van der Waals surface area contributed by atoms with Crippen molar-refractivity contribution in [3.05, 3.63) is 9.47 Å². The summed E-state index contributed by atoms with van der Waals surface area (Å²) in [6.07, 6.45) is 2.01. The summed E-state index contributed by atoms with van der Waals surface area (Å²) in [5, 5.41) is 7.82. The molecule has 0 aliphatic carbocycles. The number of carbonyl (C=O) groups excluding carboxylic acids is 1. The zero-order chi connectivity index (χ0) is 12.4. The maximum absolute atomic E-state index is 12.1. The standard InChI is InChI=1S/C10H15ClN4OS/c1-14(2)7-3-5-15(6-4-7)9(16)8-12-13-10(11)17-8/h7H,3-6H2,1-2H3. The number of rotatable bonds is 2. The highest BCUT2D eigenvalue weighted by atomic mass is 35.5. The first-order chi connectivity index (χ1) is 8.08. The first-order valence-corrected chi connectivity index (χ1v) is 6.72. The fourth-order valence-corrected chi connectivity index (χ4v) is 2.81. The predicted octanol–water partition coefficient (Wildman–Crippen LogP) is 1.36. The molecule has 0 N–H and O–H groups in total. The molecule has 1 fully saturated rings. The van der Waals surface area contributed by atoms with Crippen LogP contribution in [0.3, 0.4) is 0 Å². The van der Waals surface area contributed by atoms with Gasteiger partial charge in [0, 0.05) is 19.1 Å². The monoisotopic (exact) mass is 274 g/mol. The highest BCUT2D eigenvalue weighted by molar-refractivity contribution is 7.17. The fourth-order valence-electron chi connectivity index (χ4n) is 2.01. The van der Waals surface area contributed by atoms with Gasteiger partial charge in [0.1, 0.15) is 0 Å². The van der Waals surface area contributed by atoms with Crippen molar-refractivity contribution in [1.29, 1.82) is 0 Å². The summed E-state index contributed by atoms with van der Waals surface area (Å²) in [6.45, 7) is 1.55. The van der Waals surface area contributed by atoms with Gasteiger partial charge >= 0.3 is 0 Å². The summed E-state index contributed by atoms with van der Waals surface area (Å²) in [5.41, 5.74) is 0. The van der Waals surface area contributed by atoms with E-state index in [1.165, 1.54) is 0 Å². The van der Waals surface area contributed by atoms with E-state index in [0.717, 1.165) is 37.3 Å². The molecular weight excluding hydrogens is 260 g/mol. The van der Waals surface area contributed by atoms with Crippen LogP contribution < -0.4 is 0 Å². The molecule has 0 aromatic carbocycles. The number of nitrogens with zero attached hydrogens (tertiary/aromatic N) is 4. The summed E-state index contributed by atoms with van der Waals surface area (Å²) in [4.78, 5) is 16.1. The van der Waals surface area contributed by atoms with E-state index in [0.29, 0.717) is 15.5 Å². The van der Waals surface area contributed by atoms with E-state index in [2.05, 4.69) is 29.2 Å². The van der Waals surface area contributed by atoms with E-state index in [4.69, 9.17) is 11.6 Å². The topological polar surface area (TPSA) is 49.3 Å². The van der Waals surface area contributed by atoms with Crippen LogP contribution in [0.5, 0.6) is 0 Å². The van der Waals surface area contributed by atoms with Gasteiger partial charge in [-0.15, -0.1) is 10.2 Å². The van der Waals surface area contributed by atoms with Crippen molar-refractivity contribution in [2.45, 2.75) is 18.9 Å². The molecule has 2 rings (SSSR count). The van der Waals surface area contributed by atoms with Gasteiger partial charge < -0.3 is 9.80 Å². The van der Waals surface area contributed by atoms with Crippen LogP contribution in [0.1, 0.15) is 22.6 Å². The van der Waals surface area contributed by atoms with Crippen LogP contribution in [0.4, 0.5) is 0 Å². The predicted molar refractivity (Wildman–Crippen MR) is 67.5 cm³/mol. The molecule has 1 saturated heterocycles. The number of aromatic nitrogens is 2. The molecule has 1 aliphatic rings. The van der Waals surface area contributed by atoms with Gasteiger partial charge in [-0.05, 0) is 38.5 Å². The maximum Gasteiger partial charge on any atom is 0.284 e. The van der Waals surface area contributed by atoms with Crippen LogP contribution in [0.15, 0.2) is 0 Å². The number of amides is 1. The van der Waals surface area contributed by atoms with Gasteiger partial charge in [-0.1, -0.05) is 11.3 Å². The average Bonchev–Trinajstić information content (AvgIpc) is 2.75. The van der Waals surface area contributed by atoms with E-state index in [9.17, 15) is 4.79 Å². The molecule has 94 valence electrons. The molecule has 5 nitrogen and oxygen atoms in total. The van der Waals surface area contributed by atoms with E-state index >= 15 is 0 Å². The third kappa shape index (κ3) is 2.94. The molecule has 0 saturated carbocycles. The van der Waals surface area contributed by atoms with Gasteiger partial charge in [0.2, 0.25) is 9.47 Å². The van der Waals surface area contributed by atoms with E-state index in [-0.39, 0.29) is 5.91 Å². The van der Waals surface area contributed by atoms with Gasteiger partial charge in [-0.2, -0.15) is 0 Å². The summed E-state index contributed by atoms with van der Waals surface area (Å²) in [6, 6.07) is 0.567. The van der Waals surface area contributed by atoms with Gasteiger partial charge in [0.05, 0.1) is 0 Å². The molecule has 1 aromatic rings. The number of hydrogen-bond donors (Lipinski definition) is 0. The number of carbonyl (C=O) groups is 1. The smallest absolute Gasteiger partial charge is 0.284 e. The van der Waals surface area contributed by atoms with Crippen molar-refractivity contribution in [2.75, 3.05) is 27.2 Å². The zero-order valence-electron chi connectivity index (χ0n) is 9.89. The third-order valence-electron chi connectivity index (χ3n) is 3.07. The van der Waals surface area contributed by atoms with Crippen molar-refractivity contribution < 1.29 is 4.79 Å². The molecule has 1 aromatic heterocycles. The lowest BCUT2D eigenvalue weighted by atomic mass is 10.0. The van der Waals surface area contributed by atoms with Gasteiger partial charge in [-0.25, -0.2) is 0 Å². The van der Waals surface area contributed by atoms with Gasteiger partial charge in [-0.3, -0.25) is 4.79 Å². The fraction of sp³-hybridized carbons (Fsp3) is 0.700. The van der Waals surface area contributed by atoms with Crippen molar-refractivity contribution >= 4 is 28.8 Å². The quantitative estimate of drug-likeness (QED) is 0.817. The number of piperidine rings is 1. The minimum Gasteiger partial charge on any atom is -0.336 e.